The van der Waals surface area contributed by atoms with E-state index in [9.17, 15) is 8.42 Å². The third-order valence-electron chi connectivity index (χ3n) is 1.12. The van der Waals surface area contributed by atoms with Gasteiger partial charge in [0.15, 0.2) is 0 Å². The summed E-state index contributed by atoms with van der Waals surface area (Å²) in [5, 5.41) is 1.56. The highest BCUT2D eigenvalue weighted by Crippen LogP contribution is 1.89. The predicted molar refractivity (Wildman–Crippen MR) is 60.4 cm³/mol. The average molecular weight is 218 g/mol. The minimum Gasteiger partial charge on any atom is -0.259 e. The van der Waals surface area contributed by atoms with Crippen LogP contribution in [0.3, 0.4) is 0 Å². The van der Waals surface area contributed by atoms with Gasteiger partial charge in [0.2, 0.25) is 0 Å². The van der Waals surface area contributed by atoms with E-state index in [0.29, 0.717) is 17.3 Å². The van der Waals surface area contributed by atoms with Crippen LogP contribution in [-0.4, -0.2) is 25.7 Å². The minimum atomic E-state index is -0.999. The Labute approximate surface area is 84.3 Å². The second-order valence-corrected chi connectivity index (χ2v) is 5.18. The van der Waals surface area contributed by atoms with Crippen molar-refractivity contribution in [3.05, 3.63) is 36.8 Å². The molecule has 0 heterocycles. The molecule has 74 valence electrons. The van der Waals surface area contributed by atoms with Crippen LogP contribution in [0.4, 0.5) is 0 Å². The number of hydrogen-bond acceptors (Lipinski definition) is 2. The van der Waals surface area contributed by atoms with Crippen molar-refractivity contribution < 1.29 is 8.42 Å². The molecule has 0 radical (unpaired) electrons. The lowest BCUT2D eigenvalue weighted by Gasteiger charge is -1.91. The Morgan fingerprint density at radius 2 is 1.62 bits per heavy atom. The van der Waals surface area contributed by atoms with Crippen molar-refractivity contribution in [2.45, 2.75) is 0 Å². The molecule has 0 aromatic carbocycles. The van der Waals surface area contributed by atoms with Crippen molar-refractivity contribution in [3.8, 4) is 0 Å². The molecule has 0 spiro atoms. The van der Waals surface area contributed by atoms with Gasteiger partial charge in [0.25, 0.3) is 0 Å². The summed E-state index contributed by atoms with van der Waals surface area (Å²) in [7, 11) is -1.90. The lowest BCUT2D eigenvalue weighted by Crippen LogP contribution is -1.97. The van der Waals surface area contributed by atoms with Crippen LogP contribution in [0.1, 0.15) is 0 Å². The minimum absolute atomic E-state index is 0.439. The number of hydrogen-bond donors (Lipinski definition) is 0. The Bertz CT molecular complexity index is 244. The number of rotatable bonds is 7. The van der Waals surface area contributed by atoms with Gasteiger partial charge in [0.05, 0.1) is 0 Å². The zero-order chi connectivity index (χ0) is 10.1. The second kappa shape index (κ2) is 8.13. The van der Waals surface area contributed by atoms with Crippen LogP contribution >= 0.6 is 0 Å². The molecule has 0 bridgehead atoms. The summed E-state index contributed by atoms with van der Waals surface area (Å²) in [6.45, 7) is 6.96. The lowest BCUT2D eigenvalue weighted by molar-refractivity contribution is 0.687. The first-order chi connectivity index (χ1) is 6.20. The van der Waals surface area contributed by atoms with Gasteiger partial charge in [-0.25, -0.2) is 0 Å². The standard InChI is InChI=1S/C9H14O2S2/c1-3-6-12(10)8-5-9-13(11)7-4-2/h3-5,8H,1-2,6-7,9H2/b8-5+. The maximum absolute atomic E-state index is 11.1. The first kappa shape index (κ1) is 12.5. The van der Waals surface area contributed by atoms with Gasteiger partial charge in [-0.15, -0.1) is 13.2 Å². The highest BCUT2D eigenvalue weighted by Gasteiger charge is 1.92. The van der Waals surface area contributed by atoms with Crippen molar-refractivity contribution in [2.75, 3.05) is 17.3 Å². The molecule has 2 atom stereocenters. The van der Waals surface area contributed by atoms with Gasteiger partial charge in [0.1, 0.15) is 0 Å². The molecule has 0 aromatic rings. The molecule has 0 rings (SSSR count). The largest absolute Gasteiger partial charge is 0.259 e. The fourth-order valence-electron chi connectivity index (χ4n) is 0.625. The van der Waals surface area contributed by atoms with Crippen LogP contribution in [0.25, 0.3) is 0 Å². The SMILES string of the molecule is C=CCS(=O)/C=C/CS(=O)CC=C. The second-order valence-electron chi connectivity index (χ2n) is 2.27. The van der Waals surface area contributed by atoms with Crippen molar-refractivity contribution in [1.82, 2.24) is 0 Å². The molecule has 0 N–H and O–H groups in total. The molecule has 4 heteroatoms. The van der Waals surface area contributed by atoms with E-state index in [0.717, 1.165) is 0 Å². The summed E-state index contributed by atoms with van der Waals surface area (Å²) in [6.07, 6.45) is 4.89. The maximum atomic E-state index is 11.1. The molecule has 0 aliphatic rings. The summed E-state index contributed by atoms with van der Waals surface area (Å²) in [5.41, 5.74) is 0. The van der Waals surface area contributed by atoms with Gasteiger partial charge in [-0.2, -0.15) is 0 Å². The quantitative estimate of drug-likeness (QED) is 0.605. The fourth-order valence-corrected chi connectivity index (χ4v) is 2.11. The van der Waals surface area contributed by atoms with E-state index in [4.69, 9.17) is 0 Å². The summed E-state index contributed by atoms with van der Waals surface area (Å²) in [6, 6.07) is 0. The molecule has 13 heavy (non-hydrogen) atoms. The Hall–Kier alpha value is -0.480. The predicted octanol–water partition coefficient (Wildman–Crippen LogP) is 1.37. The Kier molecular flexibility index (Phi) is 7.83. The molecule has 0 fully saturated rings. The summed E-state index contributed by atoms with van der Waals surface area (Å²) in [5.74, 6) is 1.37. The molecular weight excluding hydrogens is 204 g/mol. The van der Waals surface area contributed by atoms with E-state index in [2.05, 4.69) is 13.2 Å². The van der Waals surface area contributed by atoms with Crippen LogP contribution in [0.5, 0.6) is 0 Å². The third-order valence-corrected chi connectivity index (χ3v) is 3.35. The molecule has 0 aromatic heterocycles. The Morgan fingerprint density at radius 3 is 2.15 bits per heavy atom. The van der Waals surface area contributed by atoms with E-state index in [1.54, 1.807) is 23.6 Å². The molecule has 2 nitrogen and oxygen atoms in total. The fraction of sp³-hybridized carbons (Fsp3) is 0.333. The van der Waals surface area contributed by atoms with Crippen LogP contribution in [-0.2, 0) is 21.6 Å². The summed E-state index contributed by atoms with van der Waals surface area (Å²) < 4.78 is 22.1. The third kappa shape index (κ3) is 7.87. The molecule has 0 saturated carbocycles. The zero-order valence-corrected chi connectivity index (χ0v) is 9.11. The smallest absolute Gasteiger partial charge is 0.0491 e. The Balaban J connectivity index is 3.73. The van der Waals surface area contributed by atoms with Crippen LogP contribution < -0.4 is 0 Å². The van der Waals surface area contributed by atoms with E-state index in [1.165, 1.54) is 0 Å². The van der Waals surface area contributed by atoms with Crippen molar-refractivity contribution in [1.29, 1.82) is 0 Å². The van der Waals surface area contributed by atoms with Gasteiger partial charge in [-0.1, -0.05) is 18.2 Å². The molecule has 0 aliphatic carbocycles. The van der Waals surface area contributed by atoms with Crippen molar-refractivity contribution in [3.63, 3.8) is 0 Å². The highest BCUT2D eigenvalue weighted by atomic mass is 32.2. The van der Waals surface area contributed by atoms with Crippen LogP contribution in [0.2, 0.25) is 0 Å². The zero-order valence-electron chi connectivity index (χ0n) is 7.48. The van der Waals surface area contributed by atoms with Crippen LogP contribution in [0, 0.1) is 0 Å². The monoisotopic (exact) mass is 218 g/mol. The summed E-state index contributed by atoms with van der Waals surface area (Å²) in [4.78, 5) is 0. The first-order valence-corrected chi connectivity index (χ1v) is 6.68. The van der Waals surface area contributed by atoms with Crippen molar-refractivity contribution >= 4 is 21.6 Å². The molecule has 0 aliphatic heterocycles. The highest BCUT2D eigenvalue weighted by molar-refractivity contribution is 7.88. The van der Waals surface area contributed by atoms with E-state index >= 15 is 0 Å². The van der Waals surface area contributed by atoms with E-state index < -0.39 is 21.6 Å². The summed E-state index contributed by atoms with van der Waals surface area (Å²) >= 11 is 0. The van der Waals surface area contributed by atoms with Crippen molar-refractivity contribution in [2.24, 2.45) is 0 Å². The maximum Gasteiger partial charge on any atom is 0.0491 e. The van der Waals surface area contributed by atoms with Gasteiger partial charge in [0, 0.05) is 38.9 Å². The average Bonchev–Trinajstić information content (AvgIpc) is 2.05. The normalized spacial score (nSPS) is 15.4. The molecule has 0 saturated heterocycles. The van der Waals surface area contributed by atoms with Crippen LogP contribution in [0.15, 0.2) is 36.8 Å². The molecule has 2 unspecified atom stereocenters. The lowest BCUT2D eigenvalue weighted by atomic mass is 10.7. The van der Waals surface area contributed by atoms with Gasteiger partial charge in [-0.05, 0) is 5.41 Å². The van der Waals surface area contributed by atoms with Gasteiger partial charge in [-0.3, -0.25) is 8.42 Å². The first-order valence-electron chi connectivity index (χ1n) is 3.81. The Morgan fingerprint density at radius 1 is 1.00 bits per heavy atom. The molecule has 0 amide bonds. The molecular formula is C9H14O2S2. The van der Waals surface area contributed by atoms with E-state index in [-0.39, 0.29) is 0 Å². The van der Waals surface area contributed by atoms with Gasteiger partial charge < -0.3 is 0 Å². The van der Waals surface area contributed by atoms with Gasteiger partial charge >= 0.3 is 0 Å². The van der Waals surface area contributed by atoms with E-state index in [1.807, 2.05) is 0 Å². The topological polar surface area (TPSA) is 34.1 Å².